The highest BCUT2D eigenvalue weighted by atomic mass is 35.5. The molecule has 1 fully saturated rings. The average Bonchev–Trinajstić information content (AvgIpc) is 3.47. The Hall–Kier alpha value is -2.88. The summed E-state index contributed by atoms with van der Waals surface area (Å²) in [5, 5.41) is 7.76. The molecular formula is C22H22Cl2FN5O3. The standard InChI is InChI=1S/C22H22Cl2FN5O3/c1-11(19-15(23)3-4-16(25)20(19)24)33-18-5-12(7-28-21(18)26)13-8-29-30(10-13)14-6-17(27-9-14)22(31)32-2/h3-5,7-8,10-11,14,17,27H,6,9H2,1-2H3,(H2,26,28). The normalized spacial score (nSPS) is 18.8. The van der Waals surface area contributed by atoms with E-state index >= 15 is 0 Å². The number of benzene rings is 1. The molecule has 4 rings (SSSR count). The maximum Gasteiger partial charge on any atom is 0.322 e. The Morgan fingerprint density at radius 1 is 1.33 bits per heavy atom. The number of ether oxygens (including phenoxy) is 2. The van der Waals surface area contributed by atoms with Gasteiger partial charge in [0.05, 0.1) is 24.4 Å². The Morgan fingerprint density at radius 3 is 2.88 bits per heavy atom. The summed E-state index contributed by atoms with van der Waals surface area (Å²) in [6.45, 7) is 2.30. The van der Waals surface area contributed by atoms with Gasteiger partial charge in [0, 0.05) is 40.7 Å². The van der Waals surface area contributed by atoms with Crippen molar-refractivity contribution in [2.45, 2.75) is 31.5 Å². The number of carbonyl (C=O) groups excluding carboxylic acids is 1. The summed E-state index contributed by atoms with van der Waals surface area (Å²) in [6, 6.07) is 4.01. The van der Waals surface area contributed by atoms with Gasteiger partial charge in [-0.05, 0) is 31.5 Å². The number of anilines is 1. The molecule has 0 amide bonds. The molecule has 1 aliphatic heterocycles. The van der Waals surface area contributed by atoms with E-state index in [2.05, 4.69) is 15.4 Å². The molecule has 0 bridgehead atoms. The molecule has 3 N–H and O–H groups in total. The second-order valence-electron chi connectivity index (χ2n) is 7.71. The van der Waals surface area contributed by atoms with Crippen molar-refractivity contribution < 1.29 is 18.7 Å². The van der Waals surface area contributed by atoms with Crippen LogP contribution in [0.1, 0.15) is 31.1 Å². The molecule has 3 atom stereocenters. The number of aromatic nitrogens is 3. The monoisotopic (exact) mass is 493 g/mol. The van der Waals surface area contributed by atoms with Gasteiger partial charge in [-0.2, -0.15) is 5.10 Å². The number of carbonyl (C=O) groups is 1. The zero-order chi connectivity index (χ0) is 23.7. The lowest BCUT2D eigenvalue weighted by molar-refractivity contribution is -0.142. The Morgan fingerprint density at radius 2 is 2.12 bits per heavy atom. The maximum absolute atomic E-state index is 13.9. The Bertz CT molecular complexity index is 1190. The number of esters is 1. The summed E-state index contributed by atoms with van der Waals surface area (Å²) in [5.41, 5.74) is 7.86. The molecule has 3 heterocycles. The van der Waals surface area contributed by atoms with Crippen LogP contribution in [0, 0.1) is 5.82 Å². The summed E-state index contributed by atoms with van der Waals surface area (Å²) in [4.78, 5) is 16.0. The molecule has 0 saturated carbocycles. The minimum absolute atomic E-state index is 0.0117. The zero-order valence-electron chi connectivity index (χ0n) is 17.9. The summed E-state index contributed by atoms with van der Waals surface area (Å²) < 4.78 is 26.5. The van der Waals surface area contributed by atoms with Crippen LogP contribution in [-0.2, 0) is 9.53 Å². The number of hydrogen-bond acceptors (Lipinski definition) is 7. The molecule has 1 aliphatic rings. The fraction of sp³-hybridized carbons (Fsp3) is 0.318. The predicted molar refractivity (Wildman–Crippen MR) is 123 cm³/mol. The van der Waals surface area contributed by atoms with Gasteiger partial charge in [-0.25, -0.2) is 9.37 Å². The zero-order valence-corrected chi connectivity index (χ0v) is 19.4. The van der Waals surface area contributed by atoms with Crippen LogP contribution in [0.3, 0.4) is 0 Å². The quantitative estimate of drug-likeness (QED) is 0.391. The van der Waals surface area contributed by atoms with Gasteiger partial charge in [-0.15, -0.1) is 0 Å². The number of pyridine rings is 1. The largest absolute Gasteiger partial charge is 0.482 e. The van der Waals surface area contributed by atoms with Crippen molar-refractivity contribution >= 4 is 35.0 Å². The highest BCUT2D eigenvalue weighted by Crippen LogP contribution is 2.37. The Balaban J connectivity index is 1.54. The highest BCUT2D eigenvalue weighted by molar-refractivity contribution is 6.36. The van der Waals surface area contributed by atoms with Crippen molar-refractivity contribution in [2.75, 3.05) is 19.4 Å². The molecule has 3 unspecified atom stereocenters. The second kappa shape index (κ2) is 9.54. The van der Waals surface area contributed by atoms with Gasteiger partial charge >= 0.3 is 5.97 Å². The predicted octanol–water partition coefficient (Wildman–Crippen LogP) is 4.19. The summed E-state index contributed by atoms with van der Waals surface area (Å²) in [5.74, 6) is -0.406. The lowest BCUT2D eigenvalue weighted by Gasteiger charge is -2.19. The summed E-state index contributed by atoms with van der Waals surface area (Å²) in [6.07, 6.45) is 5.08. The molecule has 1 saturated heterocycles. The van der Waals surface area contributed by atoms with Crippen LogP contribution < -0.4 is 15.8 Å². The van der Waals surface area contributed by atoms with Crippen LogP contribution >= 0.6 is 23.2 Å². The van der Waals surface area contributed by atoms with Crippen LogP contribution in [0.25, 0.3) is 11.1 Å². The molecule has 174 valence electrons. The van der Waals surface area contributed by atoms with E-state index in [9.17, 15) is 9.18 Å². The third-order valence-electron chi connectivity index (χ3n) is 5.57. The van der Waals surface area contributed by atoms with Crippen LogP contribution in [0.15, 0.2) is 36.8 Å². The first-order valence-corrected chi connectivity index (χ1v) is 11.0. The van der Waals surface area contributed by atoms with Gasteiger partial charge in [-0.3, -0.25) is 9.48 Å². The minimum atomic E-state index is -0.678. The lowest BCUT2D eigenvalue weighted by Crippen LogP contribution is -2.31. The van der Waals surface area contributed by atoms with Gasteiger partial charge in [0.25, 0.3) is 0 Å². The number of nitrogens with zero attached hydrogens (tertiary/aromatic N) is 3. The van der Waals surface area contributed by atoms with Gasteiger partial charge < -0.3 is 20.5 Å². The van der Waals surface area contributed by atoms with E-state index in [0.29, 0.717) is 24.3 Å². The molecule has 8 nitrogen and oxygen atoms in total. The topological polar surface area (TPSA) is 104 Å². The molecule has 2 aromatic heterocycles. The molecule has 0 radical (unpaired) electrons. The minimum Gasteiger partial charge on any atom is -0.482 e. The van der Waals surface area contributed by atoms with E-state index in [1.807, 2.05) is 6.20 Å². The average molecular weight is 494 g/mol. The summed E-state index contributed by atoms with van der Waals surface area (Å²) in [7, 11) is 1.37. The van der Waals surface area contributed by atoms with Crippen molar-refractivity contribution in [3.63, 3.8) is 0 Å². The van der Waals surface area contributed by atoms with Gasteiger partial charge in [0.1, 0.15) is 18.0 Å². The van der Waals surface area contributed by atoms with Crippen molar-refractivity contribution in [1.82, 2.24) is 20.1 Å². The highest BCUT2D eigenvalue weighted by Gasteiger charge is 2.31. The fourth-order valence-corrected chi connectivity index (χ4v) is 4.48. The molecular weight excluding hydrogens is 472 g/mol. The first-order chi connectivity index (χ1) is 15.8. The van der Waals surface area contributed by atoms with E-state index in [0.717, 1.165) is 11.1 Å². The van der Waals surface area contributed by atoms with Crippen molar-refractivity contribution in [1.29, 1.82) is 0 Å². The Labute approximate surface area is 199 Å². The van der Waals surface area contributed by atoms with Crippen LogP contribution in [0.4, 0.5) is 10.2 Å². The summed E-state index contributed by atoms with van der Waals surface area (Å²) >= 11 is 12.3. The van der Waals surface area contributed by atoms with Gasteiger partial charge in [0.2, 0.25) is 0 Å². The number of rotatable bonds is 6. The first kappa shape index (κ1) is 23.3. The lowest BCUT2D eigenvalue weighted by atomic mass is 10.1. The van der Waals surface area contributed by atoms with Gasteiger partial charge in [0.15, 0.2) is 11.6 Å². The second-order valence-corrected chi connectivity index (χ2v) is 8.49. The van der Waals surface area contributed by atoms with Crippen LogP contribution in [-0.4, -0.2) is 40.4 Å². The van der Waals surface area contributed by atoms with E-state index in [-0.39, 0.29) is 33.9 Å². The van der Waals surface area contributed by atoms with E-state index in [1.54, 1.807) is 30.1 Å². The van der Waals surface area contributed by atoms with E-state index in [1.165, 1.54) is 19.2 Å². The van der Waals surface area contributed by atoms with Crippen LogP contribution in [0.2, 0.25) is 10.0 Å². The number of methoxy groups -OCH3 is 1. The molecule has 1 aromatic carbocycles. The molecule has 33 heavy (non-hydrogen) atoms. The number of hydrogen-bond donors (Lipinski definition) is 2. The van der Waals surface area contributed by atoms with Crippen molar-refractivity contribution in [3.05, 3.63) is 58.2 Å². The smallest absolute Gasteiger partial charge is 0.322 e. The van der Waals surface area contributed by atoms with Crippen molar-refractivity contribution in [2.24, 2.45) is 0 Å². The fourth-order valence-electron chi connectivity index (χ4n) is 3.80. The first-order valence-electron chi connectivity index (χ1n) is 10.2. The van der Waals surface area contributed by atoms with Crippen molar-refractivity contribution in [3.8, 4) is 16.9 Å². The third-order valence-corrected chi connectivity index (χ3v) is 6.29. The molecule has 11 heteroatoms. The maximum atomic E-state index is 13.9. The van der Waals surface area contributed by atoms with Crippen LogP contribution in [0.5, 0.6) is 5.75 Å². The molecule has 0 spiro atoms. The molecule has 3 aromatic rings. The number of nitrogen functional groups attached to an aromatic ring is 1. The van der Waals surface area contributed by atoms with E-state index in [4.69, 9.17) is 38.4 Å². The number of nitrogens with two attached hydrogens (primary N) is 1. The number of halogens is 3. The number of nitrogens with one attached hydrogen (secondary N) is 1. The Kier molecular flexibility index (Phi) is 6.73. The van der Waals surface area contributed by atoms with E-state index < -0.39 is 11.9 Å². The van der Waals surface area contributed by atoms with Gasteiger partial charge in [-0.1, -0.05) is 23.2 Å². The molecule has 0 aliphatic carbocycles. The third kappa shape index (κ3) is 4.75. The SMILES string of the molecule is COC(=O)C1CC(n2cc(-c3cnc(N)c(OC(C)c4c(Cl)ccc(F)c4Cl)c3)cn2)CN1.